The van der Waals surface area contributed by atoms with Gasteiger partial charge in [0, 0.05) is 24.9 Å². The van der Waals surface area contributed by atoms with Crippen LogP contribution in [0.3, 0.4) is 0 Å². The van der Waals surface area contributed by atoms with Gasteiger partial charge in [0.2, 0.25) is 0 Å². The second-order valence-electron chi connectivity index (χ2n) is 3.46. The van der Waals surface area contributed by atoms with Crippen LogP contribution in [0.1, 0.15) is 12.7 Å². The van der Waals surface area contributed by atoms with Crippen LogP contribution in [0.2, 0.25) is 0 Å². The van der Waals surface area contributed by atoms with E-state index < -0.39 is 10.7 Å². The Balaban J connectivity index is 2.50. The van der Waals surface area contributed by atoms with Gasteiger partial charge in [0.15, 0.2) is 5.82 Å². The molecule has 1 aromatic heterocycles. The standard InChI is InChI=1S/C11H10FN3O2/c1-2-11-13-5-6-14(11)10-4-3-8(15(16)17)7-9(10)12/h3-7H,2H2,1H3. The normalized spacial score (nSPS) is 10.5. The molecule has 0 fully saturated rings. The van der Waals surface area contributed by atoms with Crippen LogP contribution in [0.25, 0.3) is 5.69 Å². The highest BCUT2D eigenvalue weighted by Gasteiger charge is 2.13. The summed E-state index contributed by atoms with van der Waals surface area (Å²) in [7, 11) is 0. The van der Waals surface area contributed by atoms with Crippen LogP contribution >= 0.6 is 0 Å². The number of nitrogens with zero attached hydrogens (tertiary/aromatic N) is 3. The molecule has 1 aromatic carbocycles. The summed E-state index contributed by atoms with van der Waals surface area (Å²) in [6, 6.07) is 3.57. The third kappa shape index (κ3) is 2.01. The largest absolute Gasteiger partial charge is 0.301 e. The van der Waals surface area contributed by atoms with E-state index in [1.807, 2.05) is 6.92 Å². The number of rotatable bonds is 3. The summed E-state index contributed by atoms with van der Waals surface area (Å²) in [6.45, 7) is 1.90. The van der Waals surface area contributed by atoms with E-state index in [0.29, 0.717) is 12.2 Å². The zero-order chi connectivity index (χ0) is 12.4. The van der Waals surface area contributed by atoms with Crippen molar-refractivity contribution in [3.63, 3.8) is 0 Å². The van der Waals surface area contributed by atoms with Crippen molar-refractivity contribution < 1.29 is 9.31 Å². The SMILES string of the molecule is CCc1nccn1-c1ccc([N+](=O)[O-])cc1F. The van der Waals surface area contributed by atoms with Gasteiger partial charge < -0.3 is 4.57 Å². The molecule has 0 bridgehead atoms. The molecule has 0 saturated carbocycles. The Morgan fingerprint density at radius 2 is 2.29 bits per heavy atom. The first-order chi connectivity index (χ1) is 8.13. The molecule has 88 valence electrons. The van der Waals surface area contributed by atoms with Crippen molar-refractivity contribution in [2.75, 3.05) is 0 Å². The summed E-state index contributed by atoms with van der Waals surface area (Å²) in [6.07, 6.45) is 3.85. The molecule has 2 rings (SSSR count). The van der Waals surface area contributed by atoms with Gasteiger partial charge in [-0.1, -0.05) is 6.92 Å². The molecule has 0 radical (unpaired) electrons. The van der Waals surface area contributed by atoms with E-state index in [1.165, 1.54) is 12.1 Å². The number of hydrogen-bond donors (Lipinski definition) is 0. The van der Waals surface area contributed by atoms with Crippen LogP contribution in [0.5, 0.6) is 0 Å². The lowest BCUT2D eigenvalue weighted by Gasteiger charge is -2.07. The molecule has 0 unspecified atom stereocenters. The molecule has 0 N–H and O–H groups in total. The van der Waals surface area contributed by atoms with Crippen LogP contribution in [-0.4, -0.2) is 14.5 Å². The number of non-ortho nitro benzene ring substituents is 1. The van der Waals surface area contributed by atoms with Crippen molar-refractivity contribution in [3.05, 3.63) is 52.3 Å². The van der Waals surface area contributed by atoms with Crippen molar-refractivity contribution in [2.45, 2.75) is 13.3 Å². The van der Waals surface area contributed by atoms with Crippen LogP contribution in [0, 0.1) is 15.9 Å². The summed E-state index contributed by atoms with van der Waals surface area (Å²) >= 11 is 0. The van der Waals surface area contributed by atoms with E-state index >= 15 is 0 Å². The smallest absolute Gasteiger partial charge is 0.272 e. The molecule has 5 nitrogen and oxygen atoms in total. The van der Waals surface area contributed by atoms with Crippen molar-refractivity contribution in [2.24, 2.45) is 0 Å². The minimum atomic E-state index is -0.632. The minimum Gasteiger partial charge on any atom is -0.301 e. The van der Waals surface area contributed by atoms with Gasteiger partial charge in [-0.15, -0.1) is 0 Å². The zero-order valence-corrected chi connectivity index (χ0v) is 9.13. The van der Waals surface area contributed by atoms with Crippen LogP contribution in [-0.2, 0) is 6.42 Å². The third-order valence-corrected chi connectivity index (χ3v) is 2.44. The molecule has 0 aliphatic carbocycles. The van der Waals surface area contributed by atoms with Gasteiger partial charge in [-0.05, 0) is 6.07 Å². The Morgan fingerprint density at radius 1 is 1.53 bits per heavy atom. The average Bonchev–Trinajstić information content (AvgIpc) is 2.76. The number of halogens is 1. The molecule has 0 atom stereocenters. The summed E-state index contributed by atoms with van der Waals surface area (Å²) < 4.78 is 15.3. The summed E-state index contributed by atoms with van der Waals surface area (Å²) in [5.41, 5.74) is 0.00867. The Morgan fingerprint density at radius 3 is 2.88 bits per heavy atom. The molecular formula is C11H10FN3O2. The molecule has 6 heteroatoms. The molecule has 0 spiro atoms. The monoisotopic (exact) mass is 235 g/mol. The zero-order valence-electron chi connectivity index (χ0n) is 9.13. The maximum Gasteiger partial charge on any atom is 0.272 e. The van der Waals surface area contributed by atoms with E-state index in [1.54, 1.807) is 17.0 Å². The summed E-state index contributed by atoms with van der Waals surface area (Å²) in [5.74, 6) is 0.0738. The predicted octanol–water partition coefficient (Wildman–Crippen LogP) is 2.48. The van der Waals surface area contributed by atoms with Gasteiger partial charge in [-0.25, -0.2) is 9.37 Å². The van der Waals surface area contributed by atoms with E-state index in [4.69, 9.17) is 0 Å². The molecular weight excluding hydrogens is 225 g/mol. The quantitative estimate of drug-likeness (QED) is 0.606. The van der Waals surface area contributed by atoms with Gasteiger partial charge in [-0.2, -0.15) is 0 Å². The number of imidazole rings is 1. The van der Waals surface area contributed by atoms with Crippen LogP contribution < -0.4 is 0 Å². The lowest BCUT2D eigenvalue weighted by Crippen LogP contribution is -2.02. The molecule has 0 aliphatic heterocycles. The van der Waals surface area contributed by atoms with E-state index in [2.05, 4.69) is 4.98 Å². The summed E-state index contributed by atoms with van der Waals surface area (Å²) in [5, 5.41) is 10.5. The van der Waals surface area contributed by atoms with Crippen molar-refractivity contribution in [1.82, 2.24) is 9.55 Å². The second-order valence-corrected chi connectivity index (χ2v) is 3.46. The first kappa shape index (κ1) is 11.3. The average molecular weight is 235 g/mol. The number of nitro groups is 1. The number of aromatic nitrogens is 2. The lowest BCUT2D eigenvalue weighted by atomic mass is 10.2. The second kappa shape index (κ2) is 4.32. The third-order valence-electron chi connectivity index (χ3n) is 2.44. The fourth-order valence-corrected chi connectivity index (χ4v) is 1.62. The molecule has 0 aliphatic rings. The topological polar surface area (TPSA) is 61.0 Å². The lowest BCUT2D eigenvalue weighted by molar-refractivity contribution is -0.385. The first-order valence-corrected chi connectivity index (χ1v) is 5.10. The first-order valence-electron chi connectivity index (χ1n) is 5.10. The van der Waals surface area contributed by atoms with Crippen molar-refractivity contribution in [3.8, 4) is 5.69 Å². The predicted molar refractivity (Wildman–Crippen MR) is 59.6 cm³/mol. The number of nitro benzene ring substituents is 1. The Hall–Kier alpha value is -2.24. The summed E-state index contributed by atoms with van der Waals surface area (Å²) in [4.78, 5) is 13.9. The Bertz CT molecular complexity index is 566. The van der Waals surface area contributed by atoms with Crippen molar-refractivity contribution >= 4 is 5.69 Å². The maximum absolute atomic E-state index is 13.7. The highest BCUT2D eigenvalue weighted by Crippen LogP contribution is 2.20. The van der Waals surface area contributed by atoms with E-state index in [0.717, 1.165) is 6.07 Å². The van der Waals surface area contributed by atoms with Gasteiger partial charge in [0.1, 0.15) is 5.82 Å². The van der Waals surface area contributed by atoms with Gasteiger partial charge in [0.25, 0.3) is 5.69 Å². The maximum atomic E-state index is 13.7. The molecule has 0 saturated heterocycles. The van der Waals surface area contributed by atoms with E-state index in [-0.39, 0.29) is 11.4 Å². The van der Waals surface area contributed by atoms with Crippen LogP contribution in [0.4, 0.5) is 10.1 Å². The van der Waals surface area contributed by atoms with Gasteiger partial charge >= 0.3 is 0 Å². The molecule has 0 amide bonds. The number of aryl methyl sites for hydroxylation is 1. The Labute approximate surface area is 96.7 Å². The van der Waals surface area contributed by atoms with Gasteiger partial charge in [0.05, 0.1) is 16.7 Å². The molecule has 17 heavy (non-hydrogen) atoms. The Kier molecular flexibility index (Phi) is 2.86. The fraction of sp³-hybridized carbons (Fsp3) is 0.182. The van der Waals surface area contributed by atoms with E-state index in [9.17, 15) is 14.5 Å². The number of benzene rings is 1. The number of hydrogen-bond acceptors (Lipinski definition) is 3. The molecule has 2 aromatic rings. The minimum absolute atomic E-state index is 0.260. The highest BCUT2D eigenvalue weighted by molar-refractivity contribution is 5.43. The van der Waals surface area contributed by atoms with Crippen molar-refractivity contribution in [1.29, 1.82) is 0 Å². The van der Waals surface area contributed by atoms with Crippen LogP contribution in [0.15, 0.2) is 30.6 Å². The van der Waals surface area contributed by atoms with Gasteiger partial charge in [-0.3, -0.25) is 10.1 Å². The fourth-order valence-electron chi connectivity index (χ4n) is 1.62. The molecule has 1 heterocycles. The highest BCUT2D eigenvalue weighted by atomic mass is 19.1.